The summed E-state index contributed by atoms with van der Waals surface area (Å²) < 4.78 is 0. The molecule has 0 radical (unpaired) electrons. The second kappa shape index (κ2) is 5.18. The van der Waals surface area contributed by atoms with Crippen LogP contribution < -0.4 is 0 Å². The van der Waals surface area contributed by atoms with E-state index >= 15 is 0 Å². The monoisotopic (exact) mass is 254 g/mol. The summed E-state index contributed by atoms with van der Waals surface area (Å²) in [6.07, 6.45) is -0.542. The molecule has 0 amide bonds. The lowest BCUT2D eigenvalue weighted by atomic mass is 9.91. The highest BCUT2D eigenvalue weighted by Gasteiger charge is 2.15. The van der Waals surface area contributed by atoms with Gasteiger partial charge in [0.05, 0.1) is 0 Å². The lowest BCUT2D eigenvalue weighted by molar-refractivity contribution is 0.218. The van der Waals surface area contributed by atoms with Crippen LogP contribution in [0.5, 0.6) is 0 Å². The van der Waals surface area contributed by atoms with Crippen LogP contribution in [0.4, 0.5) is 0 Å². The Balaban J connectivity index is 2.49. The minimum absolute atomic E-state index is 0.542. The predicted octanol–water partition coefficient (Wildman–Crippen LogP) is 4.31. The molecule has 1 atom stereocenters. The molecule has 1 N–H and O–H groups in total. The van der Waals surface area contributed by atoms with Crippen molar-refractivity contribution in [2.45, 2.75) is 40.7 Å². The van der Waals surface area contributed by atoms with Gasteiger partial charge in [0.2, 0.25) is 0 Å². The molecule has 0 saturated carbocycles. The highest BCUT2D eigenvalue weighted by atomic mass is 16.3. The number of rotatable bonds is 2. The zero-order chi connectivity index (χ0) is 14.2. The maximum atomic E-state index is 10.7. The van der Waals surface area contributed by atoms with E-state index < -0.39 is 6.10 Å². The van der Waals surface area contributed by atoms with E-state index in [1.807, 2.05) is 6.07 Å². The van der Waals surface area contributed by atoms with E-state index in [9.17, 15) is 5.11 Å². The van der Waals surface area contributed by atoms with Gasteiger partial charge in [-0.25, -0.2) is 0 Å². The molecule has 0 aromatic heterocycles. The molecular weight excluding hydrogens is 232 g/mol. The molecule has 100 valence electrons. The normalized spacial score (nSPS) is 12.5. The fraction of sp³-hybridized carbons (Fsp3) is 0.333. The summed E-state index contributed by atoms with van der Waals surface area (Å²) in [4.78, 5) is 0. The predicted molar refractivity (Wildman–Crippen MR) is 80.6 cm³/mol. The van der Waals surface area contributed by atoms with Crippen LogP contribution in [-0.4, -0.2) is 5.11 Å². The molecule has 1 heteroatoms. The Hall–Kier alpha value is -1.60. The summed E-state index contributed by atoms with van der Waals surface area (Å²) in [7, 11) is 0. The summed E-state index contributed by atoms with van der Waals surface area (Å²) in [5, 5.41) is 10.7. The van der Waals surface area contributed by atoms with Crippen molar-refractivity contribution in [2.24, 2.45) is 0 Å². The van der Waals surface area contributed by atoms with Crippen molar-refractivity contribution >= 4 is 0 Å². The van der Waals surface area contributed by atoms with Gasteiger partial charge in [0.25, 0.3) is 0 Å². The van der Waals surface area contributed by atoms with Crippen molar-refractivity contribution in [3.05, 3.63) is 69.3 Å². The first-order valence-corrected chi connectivity index (χ1v) is 6.73. The molecule has 1 nitrogen and oxygen atoms in total. The molecule has 0 spiro atoms. The molecule has 0 aliphatic rings. The average molecular weight is 254 g/mol. The van der Waals surface area contributed by atoms with E-state index in [1.165, 1.54) is 16.7 Å². The van der Waals surface area contributed by atoms with Gasteiger partial charge in [-0.2, -0.15) is 0 Å². The van der Waals surface area contributed by atoms with Gasteiger partial charge in [-0.1, -0.05) is 35.9 Å². The molecule has 0 aliphatic carbocycles. The third-order valence-electron chi connectivity index (χ3n) is 3.90. The zero-order valence-corrected chi connectivity index (χ0v) is 12.4. The maximum Gasteiger partial charge on any atom is 0.105 e. The molecule has 2 rings (SSSR count). The SMILES string of the molecule is Cc1ccc(C(O)c2cc(C)c(C)cc2C)c(C)c1. The van der Waals surface area contributed by atoms with Crippen LogP contribution in [0.1, 0.15) is 45.0 Å². The Morgan fingerprint density at radius 2 is 1.26 bits per heavy atom. The van der Waals surface area contributed by atoms with Crippen LogP contribution in [-0.2, 0) is 0 Å². The number of aliphatic hydroxyl groups excluding tert-OH is 1. The van der Waals surface area contributed by atoms with Crippen LogP contribution in [0.25, 0.3) is 0 Å². The molecule has 1 unspecified atom stereocenters. The summed E-state index contributed by atoms with van der Waals surface area (Å²) in [6.45, 7) is 10.4. The molecule has 0 fully saturated rings. The Morgan fingerprint density at radius 3 is 1.89 bits per heavy atom. The molecule has 0 saturated heterocycles. The molecule has 2 aromatic rings. The van der Waals surface area contributed by atoms with Crippen molar-refractivity contribution in [1.29, 1.82) is 0 Å². The lowest BCUT2D eigenvalue weighted by Crippen LogP contribution is -2.05. The molecule has 0 aliphatic heterocycles. The van der Waals surface area contributed by atoms with E-state index in [1.54, 1.807) is 0 Å². The van der Waals surface area contributed by atoms with Crippen LogP contribution in [0.15, 0.2) is 30.3 Å². The number of hydrogen-bond donors (Lipinski definition) is 1. The highest BCUT2D eigenvalue weighted by molar-refractivity contribution is 5.43. The second-order valence-electron chi connectivity index (χ2n) is 5.56. The zero-order valence-electron chi connectivity index (χ0n) is 12.4. The van der Waals surface area contributed by atoms with Crippen molar-refractivity contribution in [2.75, 3.05) is 0 Å². The smallest absolute Gasteiger partial charge is 0.105 e. The maximum absolute atomic E-state index is 10.7. The van der Waals surface area contributed by atoms with E-state index in [-0.39, 0.29) is 0 Å². The quantitative estimate of drug-likeness (QED) is 0.846. The summed E-state index contributed by atoms with van der Waals surface area (Å²) in [5.41, 5.74) is 8.02. The van der Waals surface area contributed by atoms with Gasteiger partial charge < -0.3 is 5.11 Å². The third-order valence-corrected chi connectivity index (χ3v) is 3.90. The van der Waals surface area contributed by atoms with Crippen molar-refractivity contribution in [1.82, 2.24) is 0 Å². The fourth-order valence-electron chi connectivity index (χ4n) is 2.58. The molecule has 0 bridgehead atoms. The van der Waals surface area contributed by atoms with Gasteiger partial charge in [-0.3, -0.25) is 0 Å². The topological polar surface area (TPSA) is 20.2 Å². The van der Waals surface area contributed by atoms with E-state index in [4.69, 9.17) is 0 Å². The second-order valence-corrected chi connectivity index (χ2v) is 5.56. The van der Waals surface area contributed by atoms with E-state index in [0.29, 0.717) is 0 Å². The van der Waals surface area contributed by atoms with Crippen LogP contribution in [0, 0.1) is 34.6 Å². The Morgan fingerprint density at radius 1 is 0.684 bits per heavy atom. The van der Waals surface area contributed by atoms with Gasteiger partial charge in [0.1, 0.15) is 6.10 Å². The Labute approximate surface area is 115 Å². The minimum Gasteiger partial charge on any atom is -0.384 e. The highest BCUT2D eigenvalue weighted by Crippen LogP contribution is 2.29. The molecule has 2 aromatic carbocycles. The van der Waals surface area contributed by atoms with Gasteiger partial charge in [-0.05, 0) is 68.0 Å². The lowest BCUT2D eigenvalue weighted by Gasteiger charge is -2.18. The van der Waals surface area contributed by atoms with Gasteiger partial charge in [-0.15, -0.1) is 0 Å². The largest absolute Gasteiger partial charge is 0.384 e. The molecule has 19 heavy (non-hydrogen) atoms. The van der Waals surface area contributed by atoms with Crippen molar-refractivity contribution < 1.29 is 5.11 Å². The van der Waals surface area contributed by atoms with Crippen molar-refractivity contribution in [3.8, 4) is 0 Å². The van der Waals surface area contributed by atoms with Gasteiger partial charge in [0, 0.05) is 0 Å². The first kappa shape index (κ1) is 13.8. The molecular formula is C18H22O. The number of benzene rings is 2. The standard InChI is InChI=1S/C18H22O/c1-11-6-7-16(14(4)8-11)18(19)17-10-13(3)12(2)9-15(17)5/h6-10,18-19H,1-5H3. The van der Waals surface area contributed by atoms with Crippen LogP contribution in [0.3, 0.4) is 0 Å². The molecule has 0 heterocycles. The van der Waals surface area contributed by atoms with Gasteiger partial charge >= 0.3 is 0 Å². The van der Waals surface area contributed by atoms with Gasteiger partial charge in [0.15, 0.2) is 0 Å². The van der Waals surface area contributed by atoms with Crippen LogP contribution in [0.2, 0.25) is 0 Å². The first-order valence-electron chi connectivity index (χ1n) is 6.73. The number of aryl methyl sites for hydroxylation is 5. The van der Waals surface area contributed by atoms with Crippen LogP contribution >= 0.6 is 0 Å². The average Bonchev–Trinajstić information content (AvgIpc) is 2.33. The summed E-state index contributed by atoms with van der Waals surface area (Å²) in [5.74, 6) is 0. The number of aliphatic hydroxyl groups is 1. The summed E-state index contributed by atoms with van der Waals surface area (Å²) in [6, 6.07) is 10.5. The fourth-order valence-corrected chi connectivity index (χ4v) is 2.58. The first-order chi connectivity index (χ1) is 8.90. The minimum atomic E-state index is -0.542. The Bertz CT molecular complexity index is 611. The van der Waals surface area contributed by atoms with E-state index in [2.05, 4.69) is 58.9 Å². The summed E-state index contributed by atoms with van der Waals surface area (Å²) >= 11 is 0. The third kappa shape index (κ3) is 2.71. The van der Waals surface area contributed by atoms with Crippen molar-refractivity contribution in [3.63, 3.8) is 0 Å². The number of hydrogen-bond acceptors (Lipinski definition) is 1. The van der Waals surface area contributed by atoms with E-state index in [0.717, 1.165) is 22.3 Å². The Kier molecular flexibility index (Phi) is 3.77.